The summed E-state index contributed by atoms with van der Waals surface area (Å²) in [6.45, 7) is 10.6. The van der Waals surface area contributed by atoms with Crippen LogP contribution in [-0.4, -0.2) is 55.1 Å². The van der Waals surface area contributed by atoms with Crippen molar-refractivity contribution >= 4 is 0 Å². The second kappa shape index (κ2) is 9.16. The van der Waals surface area contributed by atoms with Crippen LogP contribution in [0, 0.1) is 5.92 Å². The summed E-state index contributed by atoms with van der Waals surface area (Å²) in [7, 11) is 2.24. The third-order valence-electron chi connectivity index (χ3n) is 5.77. The van der Waals surface area contributed by atoms with Gasteiger partial charge in [-0.25, -0.2) is 0 Å². The first-order chi connectivity index (χ1) is 12.1. The van der Waals surface area contributed by atoms with Gasteiger partial charge in [-0.2, -0.15) is 0 Å². The van der Waals surface area contributed by atoms with Gasteiger partial charge in [-0.1, -0.05) is 38.1 Å². The lowest BCUT2D eigenvalue weighted by molar-refractivity contribution is 0.157. The maximum atomic E-state index is 3.96. The minimum atomic E-state index is 0.683. The molecule has 2 aliphatic rings. The average Bonchev–Trinajstić information content (AvgIpc) is 2.59. The lowest BCUT2D eigenvalue weighted by Crippen LogP contribution is -2.51. The van der Waals surface area contributed by atoms with Crippen LogP contribution in [0.1, 0.15) is 50.7 Å². The fourth-order valence-corrected chi connectivity index (χ4v) is 4.35. The average molecular weight is 344 g/mol. The quantitative estimate of drug-likeness (QED) is 0.852. The molecule has 1 atom stereocenters. The highest BCUT2D eigenvalue weighted by Crippen LogP contribution is 2.17. The molecule has 0 aliphatic carbocycles. The number of likely N-dealkylation sites (tertiary alicyclic amines) is 2. The number of piperidine rings is 2. The minimum absolute atomic E-state index is 0.683. The number of nitrogens with one attached hydrogen (secondary N) is 1. The van der Waals surface area contributed by atoms with Crippen molar-refractivity contribution in [2.75, 3.05) is 33.2 Å². The molecule has 1 aromatic rings. The van der Waals surface area contributed by atoms with Crippen molar-refractivity contribution in [3.05, 3.63) is 35.4 Å². The van der Waals surface area contributed by atoms with E-state index >= 15 is 0 Å². The van der Waals surface area contributed by atoms with Crippen LogP contribution in [0.5, 0.6) is 0 Å². The van der Waals surface area contributed by atoms with Crippen molar-refractivity contribution in [1.29, 1.82) is 0 Å². The van der Waals surface area contributed by atoms with E-state index in [0.29, 0.717) is 6.04 Å². The van der Waals surface area contributed by atoms with Crippen molar-refractivity contribution in [3.63, 3.8) is 0 Å². The van der Waals surface area contributed by atoms with Crippen LogP contribution in [0.15, 0.2) is 24.3 Å². The van der Waals surface area contributed by atoms with Crippen LogP contribution in [0.3, 0.4) is 0 Å². The normalized spacial score (nSPS) is 24.1. The number of hydrogen-bond donors (Lipinski definition) is 1. The van der Waals surface area contributed by atoms with Crippen LogP contribution in [0.2, 0.25) is 0 Å². The van der Waals surface area contributed by atoms with Crippen molar-refractivity contribution in [2.24, 2.45) is 5.92 Å². The third kappa shape index (κ3) is 6.09. The fraction of sp³-hybridized carbons (Fsp3) is 0.727. The van der Waals surface area contributed by atoms with E-state index in [1.807, 2.05) is 0 Å². The molecule has 2 saturated heterocycles. The molecule has 0 unspecified atom stereocenters. The highest BCUT2D eigenvalue weighted by atomic mass is 15.2. The van der Waals surface area contributed by atoms with E-state index in [9.17, 15) is 0 Å². The van der Waals surface area contributed by atoms with Gasteiger partial charge in [0.15, 0.2) is 0 Å². The molecule has 140 valence electrons. The Morgan fingerprint density at radius 3 is 2.32 bits per heavy atom. The summed E-state index contributed by atoms with van der Waals surface area (Å²) >= 11 is 0. The van der Waals surface area contributed by atoms with Crippen LogP contribution in [-0.2, 0) is 13.0 Å². The molecule has 25 heavy (non-hydrogen) atoms. The molecule has 0 bridgehead atoms. The lowest BCUT2D eigenvalue weighted by Gasteiger charge is -2.37. The van der Waals surface area contributed by atoms with Gasteiger partial charge in [0.1, 0.15) is 0 Å². The lowest BCUT2D eigenvalue weighted by atomic mass is 9.99. The van der Waals surface area contributed by atoms with E-state index in [1.54, 1.807) is 0 Å². The molecule has 0 amide bonds. The maximum Gasteiger partial charge on any atom is 0.0234 e. The van der Waals surface area contributed by atoms with E-state index in [1.165, 1.54) is 69.4 Å². The van der Waals surface area contributed by atoms with Gasteiger partial charge in [-0.05, 0) is 75.8 Å². The first kappa shape index (κ1) is 18.9. The Morgan fingerprint density at radius 2 is 1.64 bits per heavy atom. The summed E-state index contributed by atoms with van der Waals surface area (Å²) in [5, 5.41) is 3.96. The van der Waals surface area contributed by atoms with Gasteiger partial charge in [0, 0.05) is 25.2 Å². The van der Waals surface area contributed by atoms with E-state index in [0.717, 1.165) is 18.5 Å². The van der Waals surface area contributed by atoms with Gasteiger partial charge in [0.05, 0.1) is 0 Å². The zero-order valence-corrected chi connectivity index (χ0v) is 16.5. The first-order valence-electron chi connectivity index (χ1n) is 10.3. The first-order valence-corrected chi connectivity index (χ1v) is 10.3. The highest BCUT2D eigenvalue weighted by molar-refractivity contribution is 5.23. The largest absolute Gasteiger partial charge is 0.310 e. The Hall–Kier alpha value is -0.900. The van der Waals surface area contributed by atoms with E-state index in [2.05, 4.69) is 60.3 Å². The number of benzene rings is 1. The number of nitrogens with zero attached hydrogens (tertiary/aromatic N) is 2. The molecule has 0 saturated carbocycles. The van der Waals surface area contributed by atoms with Crippen LogP contribution in [0.25, 0.3) is 0 Å². The van der Waals surface area contributed by atoms with Crippen molar-refractivity contribution in [1.82, 2.24) is 15.1 Å². The van der Waals surface area contributed by atoms with Crippen LogP contribution in [0.4, 0.5) is 0 Å². The van der Waals surface area contributed by atoms with Crippen LogP contribution < -0.4 is 5.32 Å². The van der Waals surface area contributed by atoms with Crippen molar-refractivity contribution in [3.8, 4) is 0 Å². The Bertz CT molecular complexity index is 503. The van der Waals surface area contributed by atoms with Crippen molar-refractivity contribution < 1.29 is 0 Å². The molecular weight excluding hydrogens is 306 g/mol. The highest BCUT2D eigenvalue weighted by Gasteiger charge is 2.24. The van der Waals surface area contributed by atoms with E-state index in [-0.39, 0.29) is 0 Å². The van der Waals surface area contributed by atoms with Gasteiger partial charge < -0.3 is 10.2 Å². The second-order valence-corrected chi connectivity index (χ2v) is 8.73. The summed E-state index contributed by atoms with van der Waals surface area (Å²) in [4.78, 5) is 5.10. The summed E-state index contributed by atoms with van der Waals surface area (Å²) in [6, 6.07) is 10.7. The minimum Gasteiger partial charge on any atom is -0.310 e. The predicted molar refractivity (Wildman–Crippen MR) is 107 cm³/mol. The molecule has 2 aliphatic heterocycles. The SMILES string of the molecule is CC(C)Cc1ccc(CN2CCC[C@@H](NC3CCN(C)CC3)C2)cc1. The van der Waals surface area contributed by atoms with E-state index in [4.69, 9.17) is 0 Å². The summed E-state index contributed by atoms with van der Waals surface area (Å²) in [5.74, 6) is 0.736. The molecular formula is C22H37N3. The molecule has 1 aromatic carbocycles. The Labute approximate surface area is 154 Å². The van der Waals surface area contributed by atoms with E-state index < -0.39 is 0 Å². The second-order valence-electron chi connectivity index (χ2n) is 8.73. The monoisotopic (exact) mass is 343 g/mol. The number of rotatable bonds is 6. The Kier molecular flexibility index (Phi) is 6.92. The Morgan fingerprint density at radius 1 is 0.960 bits per heavy atom. The molecule has 3 heteroatoms. The molecule has 0 aromatic heterocycles. The Balaban J connectivity index is 1.46. The standard InChI is InChI=1S/C22H37N3/c1-18(2)15-19-6-8-20(9-7-19)16-25-12-4-5-22(17-25)23-21-10-13-24(3)14-11-21/h6-9,18,21-23H,4-5,10-17H2,1-3H3/t22-/m1/s1. The van der Waals surface area contributed by atoms with Gasteiger partial charge >= 0.3 is 0 Å². The zero-order chi connectivity index (χ0) is 17.6. The summed E-state index contributed by atoms with van der Waals surface area (Å²) < 4.78 is 0. The van der Waals surface area contributed by atoms with Gasteiger partial charge in [-0.15, -0.1) is 0 Å². The fourth-order valence-electron chi connectivity index (χ4n) is 4.35. The zero-order valence-electron chi connectivity index (χ0n) is 16.5. The van der Waals surface area contributed by atoms with Crippen molar-refractivity contribution in [2.45, 2.75) is 64.6 Å². The number of hydrogen-bond acceptors (Lipinski definition) is 3. The molecule has 0 spiro atoms. The smallest absolute Gasteiger partial charge is 0.0234 e. The van der Waals surface area contributed by atoms with Gasteiger partial charge in [0.25, 0.3) is 0 Å². The van der Waals surface area contributed by atoms with Gasteiger partial charge in [-0.3, -0.25) is 4.90 Å². The molecule has 2 fully saturated rings. The predicted octanol–water partition coefficient (Wildman–Crippen LogP) is 3.53. The molecule has 3 rings (SSSR count). The molecule has 3 nitrogen and oxygen atoms in total. The maximum absolute atomic E-state index is 3.96. The summed E-state index contributed by atoms with van der Waals surface area (Å²) in [5.41, 5.74) is 2.94. The summed E-state index contributed by atoms with van der Waals surface area (Å²) in [6.07, 6.45) is 6.48. The molecule has 1 N–H and O–H groups in total. The third-order valence-corrected chi connectivity index (χ3v) is 5.77. The topological polar surface area (TPSA) is 18.5 Å². The van der Waals surface area contributed by atoms with Crippen LogP contribution >= 0.6 is 0 Å². The van der Waals surface area contributed by atoms with Gasteiger partial charge in [0.2, 0.25) is 0 Å². The molecule has 0 radical (unpaired) electrons. The molecule has 2 heterocycles.